The summed E-state index contributed by atoms with van der Waals surface area (Å²) in [4.78, 5) is 18.3. The lowest BCUT2D eigenvalue weighted by atomic mass is 10.1. The Morgan fingerprint density at radius 2 is 2.17 bits per heavy atom. The first-order chi connectivity index (χ1) is 8.56. The molecular formula is C12H17ClN4O. The van der Waals surface area contributed by atoms with E-state index in [4.69, 9.17) is 17.3 Å². The normalized spacial score (nSPS) is 17.7. The molecule has 2 rings (SSSR count). The van der Waals surface area contributed by atoms with Gasteiger partial charge in [-0.3, -0.25) is 4.79 Å². The van der Waals surface area contributed by atoms with Gasteiger partial charge in [-0.25, -0.2) is 4.98 Å². The predicted molar refractivity (Wildman–Crippen MR) is 71.6 cm³/mol. The number of hydrogen-bond acceptors (Lipinski definition) is 4. The number of anilines is 1. The highest BCUT2D eigenvalue weighted by atomic mass is 35.5. The molecule has 0 unspecified atom stereocenters. The number of hydrogen-bond donors (Lipinski definition) is 2. The molecule has 5 nitrogen and oxygen atoms in total. The van der Waals surface area contributed by atoms with Gasteiger partial charge in [0, 0.05) is 6.04 Å². The Balaban J connectivity index is 2.01. The average molecular weight is 269 g/mol. The molecule has 0 aliphatic carbocycles. The van der Waals surface area contributed by atoms with Crippen LogP contribution in [0.3, 0.4) is 0 Å². The van der Waals surface area contributed by atoms with E-state index in [1.807, 2.05) is 0 Å². The van der Waals surface area contributed by atoms with E-state index in [2.05, 4.69) is 22.2 Å². The average Bonchev–Trinajstić information content (AvgIpc) is 2.35. The minimum absolute atomic E-state index is 0.189. The lowest BCUT2D eigenvalue weighted by Gasteiger charge is -2.29. The third kappa shape index (κ3) is 3.11. The summed E-state index contributed by atoms with van der Waals surface area (Å²) >= 11 is 5.77. The quantitative estimate of drug-likeness (QED) is 0.789. The summed E-state index contributed by atoms with van der Waals surface area (Å²) in [6.45, 7) is 1.98. The fourth-order valence-electron chi connectivity index (χ4n) is 2.03. The molecule has 1 fully saturated rings. The van der Waals surface area contributed by atoms with Gasteiger partial charge in [0.1, 0.15) is 5.15 Å². The lowest BCUT2D eigenvalue weighted by Crippen LogP contribution is -2.43. The number of nitrogens with one attached hydrogen (secondary N) is 1. The van der Waals surface area contributed by atoms with E-state index in [1.54, 1.807) is 12.1 Å². The maximum Gasteiger partial charge on any atom is 0.272 e. The van der Waals surface area contributed by atoms with Crippen molar-refractivity contribution in [3.63, 3.8) is 0 Å². The van der Waals surface area contributed by atoms with Gasteiger partial charge >= 0.3 is 0 Å². The molecule has 1 aromatic rings. The smallest absolute Gasteiger partial charge is 0.272 e. The first kappa shape index (κ1) is 13.1. The van der Waals surface area contributed by atoms with Crippen LogP contribution < -0.4 is 11.1 Å². The van der Waals surface area contributed by atoms with Gasteiger partial charge < -0.3 is 16.0 Å². The number of rotatable bonds is 2. The number of nitrogen functional groups attached to an aromatic ring is 1. The van der Waals surface area contributed by atoms with E-state index in [-0.39, 0.29) is 22.8 Å². The van der Waals surface area contributed by atoms with Crippen molar-refractivity contribution < 1.29 is 4.79 Å². The van der Waals surface area contributed by atoms with Gasteiger partial charge in [-0.2, -0.15) is 0 Å². The van der Waals surface area contributed by atoms with Crippen LogP contribution in [-0.2, 0) is 0 Å². The van der Waals surface area contributed by atoms with Crippen LogP contribution in [-0.4, -0.2) is 42.0 Å². The second-order valence-electron chi connectivity index (χ2n) is 4.62. The summed E-state index contributed by atoms with van der Waals surface area (Å²) < 4.78 is 0. The Hall–Kier alpha value is -1.33. The number of amides is 1. The largest absolute Gasteiger partial charge is 0.397 e. The second-order valence-corrected chi connectivity index (χ2v) is 5.01. The monoisotopic (exact) mass is 268 g/mol. The van der Waals surface area contributed by atoms with Crippen molar-refractivity contribution in [3.05, 3.63) is 23.0 Å². The van der Waals surface area contributed by atoms with Crippen molar-refractivity contribution in [1.29, 1.82) is 0 Å². The van der Waals surface area contributed by atoms with Crippen LogP contribution in [0.25, 0.3) is 0 Å². The summed E-state index contributed by atoms with van der Waals surface area (Å²) in [5.41, 5.74) is 6.29. The topological polar surface area (TPSA) is 71.2 Å². The molecule has 1 saturated heterocycles. The van der Waals surface area contributed by atoms with Gasteiger partial charge in [0.05, 0.1) is 5.69 Å². The van der Waals surface area contributed by atoms with Crippen LogP contribution in [0.15, 0.2) is 12.1 Å². The van der Waals surface area contributed by atoms with Gasteiger partial charge in [0.15, 0.2) is 5.69 Å². The molecular weight excluding hydrogens is 252 g/mol. The van der Waals surface area contributed by atoms with Gasteiger partial charge in [-0.05, 0) is 45.1 Å². The highest BCUT2D eigenvalue weighted by Gasteiger charge is 2.20. The highest BCUT2D eigenvalue weighted by Crippen LogP contribution is 2.15. The first-order valence-electron chi connectivity index (χ1n) is 5.97. The van der Waals surface area contributed by atoms with Gasteiger partial charge in [0.2, 0.25) is 0 Å². The van der Waals surface area contributed by atoms with Gasteiger partial charge in [0.25, 0.3) is 5.91 Å². The first-order valence-corrected chi connectivity index (χ1v) is 6.35. The maximum atomic E-state index is 12.0. The van der Waals surface area contributed by atoms with Crippen molar-refractivity contribution in [2.75, 3.05) is 25.9 Å². The van der Waals surface area contributed by atoms with E-state index in [0.717, 1.165) is 25.9 Å². The van der Waals surface area contributed by atoms with Crippen LogP contribution in [0.4, 0.5) is 5.69 Å². The van der Waals surface area contributed by atoms with E-state index < -0.39 is 0 Å². The maximum absolute atomic E-state index is 12.0. The van der Waals surface area contributed by atoms with Crippen LogP contribution >= 0.6 is 11.6 Å². The molecule has 0 saturated carbocycles. The zero-order chi connectivity index (χ0) is 13.1. The molecule has 2 heterocycles. The summed E-state index contributed by atoms with van der Waals surface area (Å²) in [6, 6.07) is 3.36. The Labute approximate surface area is 111 Å². The number of carbonyl (C=O) groups is 1. The number of pyridine rings is 1. The van der Waals surface area contributed by atoms with Gasteiger partial charge in [-0.1, -0.05) is 11.6 Å². The SMILES string of the molecule is CN1CCC(NC(=O)c2nc(Cl)ccc2N)CC1. The van der Waals surface area contributed by atoms with E-state index in [9.17, 15) is 4.79 Å². The van der Waals surface area contributed by atoms with Crippen molar-refractivity contribution in [2.45, 2.75) is 18.9 Å². The van der Waals surface area contributed by atoms with Crippen LogP contribution in [0.1, 0.15) is 23.3 Å². The number of nitrogens with zero attached hydrogens (tertiary/aromatic N) is 2. The predicted octanol–water partition coefficient (Wildman–Crippen LogP) is 1.14. The summed E-state index contributed by atoms with van der Waals surface area (Å²) in [6.07, 6.45) is 1.89. The zero-order valence-electron chi connectivity index (χ0n) is 10.3. The molecule has 6 heteroatoms. The van der Waals surface area contributed by atoms with Gasteiger partial charge in [-0.15, -0.1) is 0 Å². The summed E-state index contributed by atoms with van der Waals surface area (Å²) in [5, 5.41) is 3.23. The third-order valence-electron chi connectivity index (χ3n) is 3.16. The molecule has 0 radical (unpaired) electrons. The third-order valence-corrected chi connectivity index (χ3v) is 3.37. The number of piperidine rings is 1. The molecule has 18 heavy (non-hydrogen) atoms. The Kier molecular flexibility index (Phi) is 4.04. The number of nitrogens with two attached hydrogens (primary N) is 1. The highest BCUT2D eigenvalue weighted by molar-refractivity contribution is 6.29. The molecule has 0 bridgehead atoms. The van der Waals surface area contributed by atoms with Crippen molar-refractivity contribution in [2.24, 2.45) is 0 Å². The molecule has 0 aromatic carbocycles. The van der Waals surface area contributed by atoms with Crippen molar-refractivity contribution >= 4 is 23.2 Å². The molecule has 1 amide bonds. The van der Waals surface area contributed by atoms with Crippen LogP contribution in [0, 0.1) is 0 Å². The number of halogens is 1. The molecule has 1 aliphatic rings. The van der Waals surface area contributed by atoms with E-state index >= 15 is 0 Å². The molecule has 1 aromatic heterocycles. The number of aromatic nitrogens is 1. The van der Waals surface area contributed by atoms with E-state index in [0.29, 0.717) is 5.69 Å². The fraction of sp³-hybridized carbons (Fsp3) is 0.500. The number of likely N-dealkylation sites (tertiary alicyclic amines) is 1. The zero-order valence-corrected chi connectivity index (χ0v) is 11.1. The molecule has 0 atom stereocenters. The Morgan fingerprint density at radius 1 is 1.50 bits per heavy atom. The number of carbonyl (C=O) groups excluding carboxylic acids is 1. The second kappa shape index (κ2) is 5.54. The standard InChI is InChI=1S/C12H17ClN4O/c1-17-6-4-8(5-7-17)15-12(18)11-9(14)2-3-10(13)16-11/h2-3,8H,4-7,14H2,1H3,(H,15,18). The molecule has 3 N–H and O–H groups in total. The van der Waals surface area contributed by atoms with E-state index in [1.165, 1.54) is 0 Å². The Bertz CT molecular complexity index is 444. The van der Waals surface area contributed by atoms with Crippen molar-refractivity contribution in [1.82, 2.24) is 15.2 Å². The van der Waals surface area contributed by atoms with Crippen LogP contribution in [0.2, 0.25) is 5.15 Å². The summed E-state index contributed by atoms with van der Waals surface area (Å²) in [5.74, 6) is -0.246. The minimum Gasteiger partial charge on any atom is -0.397 e. The molecule has 0 spiro atoms. The van der Waals surface area contributed by atoms with Crippen molar-refractivity contribution in [3.8, 4) is 0 Å². The van der Waals surface area contributed by atoms with Crippen LogP contribution in [0.5, 0.6) is 0 Å². The molecule has 98 valence electrons. The Morgan fingerprint density at radius 3 is 2.83 bits per heavy atom. The minimum atomic E-state index is -0.246. The fourth-order valence-corrected chi connectivity index (χ4v) is 2.18. The lowest BCUT2D eigenvalue weighted by molar-refractivity contribution is 0.0913. The summed E-state index contributed by atoms with van der Waals surface area (Å²) in [7, 11) is 2.08. The molecule has 1 aliphatic heterocycles.